The number of rotatable bonds is 9. The molecule has 1 aromatic carbocycles. The lowest BCUT2D eigenvalue weighted by molar-refractivity contribution is 0.0996. The molecular weight excluding hydrogens is 358 g/mol. The van der Waals surface area contributed by atoms with Crippen molar-refractivity contribution in [3.63, 3.8) is 0 Å². The van der Waals surface area contributed by atoms with Gasteiger partial charge < -0.3 is 15.5 Å². The number of para-hydroxylation sites is 2. The number of hydrogen-bond acceptors (Lipinski definition) is 5. The normalized spacial score (nSPS) is 11.1. The summed E-state index contributed by atoms with van der Waals surface area (Å²) < 4.78 is 7.06. The van der Waals surface area contributed by atoms with E-state index in [9.17, 15) is 9.59 Å². The van der Waals surface area contributed by atoms with Crippen molar-refractivity contribution in [1.82, 2.24) is 19.5 Å². The Morgan fingerprint density at radius 3 is 2.68 bits per heavy atom. The Morgan fingerprint density at radius 2 is 1.96 bits per heavy atom. The Hall–Kier alpha value is -3.16. The number of fused-ring (bicyclic) bond motifs is 1. The molecule has 0 aliphatic rings. The van der Waals surface area contributed by atoms with Gasteiger partial charge in [0.25, 0.3) is 5.91 Å². The fourth-order valence-electron chi connectivity index (χ4n) is 3.17. The van der Waals surface area contributed by atoms with E-state index in [1.807, 2.05) is 19.1 Å². The summed E-state index contributed by atoms with van der Waals surface area (Å²) in [7, 11) is 0. The number of amides is 1. The van der Waals surface area contributed by atoms with Crippen molar-refractivity contribution in [3.8, 4) is 11.4 Å². The fraction of sp³-hybridized carbons (Fsp3) is 0.400. The summed E-state index contributed by atoms with van der Waals surface area (Å²) in [6.45, 7) is 4.47. The highest BCUT2D eigenvalue weighted by molar-refractivity contribution is 6.01. The zero-order chi connectivity index (χ0) is 20.1. The summed E-state index contributed by atoms with van der Waals surface area (Å²) in [5, 5.41) is 0. The van der Waals surface area contributed by atoms with Crippen molar-refractivity contribution in [1.29, 1.82) is 0 Å². The van der Waals surface area contributed by atoms with E-state index < -0.39 is 11.6 Å². The van der Waals surface area contributed by atoms with Crippen LogP contribution in [0.4, 0.5) is 0 Å². The lowest BCUT2D eigenvalue weighted by Crippen LogP contribution is -2.17. The maximum Gasteiger partial charge on any atom is 0.332 e. The minimum absolute atomic E-state index is 0.0280. The van der Waals surface area contributed by atoms with E-state index in [1.165, 1.54) is 4.57 Å². The molecule has 0 fully saturated rings. The second kappa shape index (κ2) is 8.69. The highest BCUT2D eigenvalue weighted by Crippen LogP contribution is 2.25. The van der Waals surface area contributed by atoms with Gasteiger partial charge in [-0.25, -0.2) is 19.3 Å². The van der Waals surface area contributed by atoms with Gasteiger partial charge >= 0.3 is 5.69 Å². The highest BCUT2D eigenvalue weighted by Gasteiger charge is 2.20. The summed E-state index contributed by atoms with van der Waals surface area (Å²) in [5.74, 6) is 0.351. The molecular formula is C20H25N5O3. The van der Waals surface area contributed by atoms with Gasteiger partial charge in [-0.1, -0.05) is 38.3 Å². The second-order valence-corrected chi connectivity index (χ2v) is 6.53. The zero-order valence-corrected chi connectivity index (χ0v) is 16.2. The molecule has 0 spiro atoms. The van der Waals surface area contributed by atoms with Crippen LogP contribution in [-0.4, -0.2) is 32.0 Å². The molecule has 2 aromatic heterocycles. The molecule has 0 aliphatic heterocycles. The van der Waals surface area contributed by atoms with Gasteiger partial charge in [0.1, 0.15) is 17.1 Å². The number of carbonyl (C=O) groups excluding carboxylic acids is 1. The highest BCUT2D eigenvalue weighted by atomic mass is 16.5. The van der Waals surface area contributed by atoms with E-state index >= 15 is 0 Å². The van der Waals surface area contributed by atoms with Gasteiger partial charge in [-0.05, 0) is 25.5 Å². The number of nitrogens with one attached hydrogen (secondary N) is 1. The van der Waals surface area contributed by atoms with Crippen LogP contribution in [0.2, 0.25) is 0 Å². The number of ether oxygens (including phenoxy) is 1. The van der Waals surface area contributed by atoms with Crippen LogP contribution >= 0.6 is 0 Å². The third-order valence-corrected chi connectivity index (χ3v) is 4.48. The van der Waals surface area contributed by atoms with Crippen molar-refractivity contribution >= 4 is 17.1 Å². The maximum atomic E-state index is 12.7. The summed E-state index contributed by atoms with van der Waals surface area (Å²) >= 11 is 0. The van der Waals surface area contributed by atoms with Gasteiger partial charge in [-0.3, -0.25) is 4.79 Å². The van der Waals surface area contributed by atoms with E-state index in [0.717, 1.165) is 25.7 Å². The second-order valence-electron chi connectivity index (χ2n) is 6.53. The first-order chi connectivity index (χ1) is 13.6. The quantitative estimate of drug-likeness (QED) is 0.551. The van der Waals surface area contributed by atoms with Crippen LogP contribution in [0, 0.1) is 0 Å². The smallest absolute Gasteiger partial charge is 0.332 e. The van der Waals surface area contributed by atoms with Gasteiger partial charge in [0, 0.05) is 6.42 Å². The van der Waals surface area contributed by atoms with E-state index in [4.69, 9.17) is 10.5 Å². The van der Waals surface area contributed by atoms with Crippen molar-refractivity contribution in [2.45, 2.75) is 46.0 Å². The Morgan fingerprint density at radius 1 is 1.18 bits per heavy atom. The van der Waals surface area contributed by atoms with Gasteiger partial charge in [0.15, 0.2) is 11.3 Å². The fourth-order valence-corrected chi connectivity index (χ4v) is 3.17. The molecule has 148 valence electrons. The first-order valence-electron chi connectivity index (χ1n) is 9.60. The predicted octanol–water partition coefficient (Wildman–Crippen LogP) is 2.73. The Labute approximate surface area is 162 Å². The number of primary amides is 1. The molecule has 3 aromatic rings. The zero-order valence-electron chi connectivity index (χ0n) is 16.2. The van der Waals surface area contributed by atoms with Crippen molar-refractivity contribution in [2.75, 3.05) is 6.61 Å². The standard InChI is InChI=1S/C20H25N5O3/c1-3-5-6-7-12-15-22-16(18(21)26)17-19(23-15)25(20(27)24-17)13-10-8-9-11-14(13)28-4-2/h8-11H,3-7,12H2,1-2H3,(H2,21,26)(H,24,27). The number of hydrogen-bond donors (Lipinski definition) is 2. The number of aromatic amines is 1. The first kappa shape index (κ1) is 19.6. The van der Waals surface area contributed by atoms with Crippen LogP contribution in [0.15, 0.2) is 29.1 Å². The number of aryl methyl sites for hydroxylation is 1. The van der Waals surface area contributed by atoms with Gasteiger partial charge in [-0.15, -0.1) is 0 Å². The molecule has 0 aliphatic carbocycles. The number of benzene rings is 1. The molecule has 0 bridgehead atoms. The first-order valence-corrected chi connectivity index (χ1v) is 9.60. The number of H-pyrrole nitrogens is 1. The van der Waals surface area contributed by atoms with Crippen LogP contribution in [-0.2, 0) is 6.42 Å². The molecule has 0 radical (unpaired) electrons. The predicted molar refractivity (Wildman–Crippen MR) is 107 cm³/mol. The van der Waals surface area contributed by atoms with Crippen molar-refractivity contribution in [3.05, 3.63) is 46.3 Å². The van der Waals surface area contributed by atoms with Crippen LogP contribution < -0.4 is 16.2 Å². The number of aromatic nitrogens is 4. The molecule has 0 atom stereocenters. The number of carbonyl (C=O) groups is 1. The summed E-state index contributed by atoms with van der Waals surface area (Å²) in [6, 6.07) is 7.20. The minimum atomic E-state index is -0.700. The summed E-state index contributed by atoms with van der Waals surface area (Å²) in [5.41, 5.74) is 6.23. The molecule has 2 heterocycles. The average Bonchev–Trinajstić information content (AvgIpc) is 3.01. The molecule has 1 amide bonds. The number of nitrogens with zero attached hydrogens (tertiary/aromatic N) is 3. The molecule has 8 nitrogen and oxygen atoms in total. The van der Waals surface area contributed by atoms with Gasteiger partial charge in [0.05, 0.1) is 12.3 Å². The minimum Gasteiger partial charge on any atom is -0.492 e. The van der Waals surface area contributed by atoms with E-state index in [0.29, 0.717) is 35.9 Å². The van der Waals surface area contributed by atoms with Crippen LogP contribution in [0.25, 0.3) is 16.9 Å². The number of nitrogens with two attached hydrogens (primary N) is 1. The van der Waals surface area contributed by atoms with Crippen LogP contribution in [0.3, 0.4) is 0 Å². The number of unbranched alkanes of at least 4 members (excludes halogenated alkanes) is 3. The third kappa shape index (κ3) is 3.90. The Bertz CT molecular complexity index is 1040. The summed E-state index contributed by atoms with van der Waals surface area (Å²) in [6.07, 6.45) is 4.82. The average molecular weight is 383 g/mol. The maximum absolute atomic E-state index is 12.7. The molecule has 8 heteroatoms. The van der Waals surface area contributed by atoms with Gasteiger partial charge in [-0.2, -0.15) is 0 Å². The van der Waals surface area contributed by atoms with E-state index in [-0.39, 0.29) is 11.2 Å². The molecule has 0 saturated heterocycles. The lowest BCUT2D eigenvalue weighted by atomic mass is 10.1. The SMILES string of the molecule is CCCCCCc1nc(C(N)=O)c2[nH]c(=O)n(-c3ccccc3OCC)c2n1. The summed E-state index contributed by atoms with van der Waals surface area (Å²) in [4.78, 5) is 36.2. The molecule has 28 heavy (non-hydrogen) atoms. The largest absolute Gasteiger partial charge is 0.492 e. The Balaban J connectivity index is 2.16. The Kier molecular flexibility index (Phi) is 6.08. The molecule has 3 rings (SSSR count). The molecule has 0 saturated carbocycles. The third-order valence-electron chi connectivity index (χ3n) is 4.48. The van der Waals surface area contributed by atoms with E-state index in [2.05, 4.69) is 21.9 Å². The topological polar surface area (TPSA) is 116 Å². The monoisotopic (exact) mass is 383 g/mol. The lowest BCUT2D eigenvalue weighted by Gasteiger charge is -2.11. The van der Waals surface area contributed by atoms with Crippen molar-refractivity contribution < 1.29 is 9.53 Å². The van der Waals surface area contributed by atoms with Crippen LogP contribution in [0.1, 0.15) is 55.8 Å². The molecule has 0 unspecified atom stereocenters. The van der Waals surface area contributed by atoms with E-state index in [1.54, 1.807) is 12.1 Å². The van der Waals surface area contributed by atoms with Gasteiger partial charge in [0.2, 0.25) is 0 Å². The number of imidazole rings is 1. The van der Waals surface area contributed by atoms with Crippen LogP contribution in [0.5, 0.6) is 5.75 Å². The van der Waals surface area contributed by atoms with Crippen molar-refractivity contribution in [2.24, 2.45) is 5.73 Å². The molecule has 3 N–H and O–H groups in total.